The van der Waals surface area contributed by atoms with Gasteiger partial charge in [-0.25, -0.2) is 0 Å². The number of nitrogens with one attached hydrogen (secondary N) is 1. The summed E-state index contributed by atoms with van der Waals surface area (Å²) in [5.41, 5.74) is 3.18. The van der Waals surface area contributed by atoms with E-state index in [-0.39, 0.29) is 12.2 Å². The Morgan fingerprint density at radius 3 is 2.73 bits per heavy atom. The number of carbonyl (C=O) groups excluding carboxylic acids is 1. The maximum atomic E-state index is 12.4. The summed E-state index contributed by atoms with van der Waals surface area (Å²) in [6.45, 7) is 3.93. The number of benzene rings is 2. The van der Waals surface area contributed by atoms with E-state index in [1.54, 1.807) is 18.2 Å². The van der Waals surface area contributed by atoms with E-state index in [0.717, 1.165) is 11.1 Å². The van der Waals surface area contributed by atoms with Gasteiger partial charge in [-0.1, -0.05) is 35.7 Å². The molecule has 0 aliphatic heterocycles. The van der Waals surface area contributed by atoms with Gasteiger partial charge in [0.25, 0.3) is 5.91 Å². The molecule has 4 nitrogen and oxygen atoms in total. The van der Waals surface area contributed by atoms with Crippen molar-refractivity contribution in [2.75, 3.05) is 11.9 Å². The summed E-state index contributed by atoms with van der Waals surface area (Å²) in [7, 11) is 0. The molecule has 0 bridgehead atoms. The maximum absolute atomic E-state index is 12.4. The fraction of sp³-hybridized carbons (Fsp3) is 0.143. The summed E-state index contributed by atoms with van der Waals surface area (Å²) in [5, 5.41) is 12.5. The second kappa shape index (κ2) is 8.76. The lowest BCUT2D eigenvalue weighted by atomic mass is 10.1. The van der Waals surface area contributed by atoms with Crippen LogP contribution < -0.4 is 10.1 Å². The van der Waals surface area contributed by atoms with Crippen molar-refractivity contribution in [3.8, 4) is 24.2 Å². The van der Waals surface area contributed by atoms with Crippen LogP contribution >= 0.6 is 11.6 Å². The largest absolute Gasteiger partial charge is 0.479 e. The number of carbonyl (C=O) groups is 1. The SMILES string of the molecule is C#CCOc1ccc(/C=C(\C#N)C(=O)Nc2cc(C)ccc2C)cc1Cl. The number of anilines is 1. The molecule has 0 spiro atoms. The Bertz CT molecular complexity index is 949. The van der Waals surface area contributed by atoms with E-state index in [4.69, 9.17) is 22.8 Å². The van der Waals surface area contributed by atoms with Crippen LogP contribution in [0.4, 0.5) is 5.69 Å². The highest BCUT2D eigenvalue weighted by Crippen LogP contribution is 2.26. The van der Waals surface area contributed by atoms with Gasteiger partial charge in [-0.3, -0.25) is 4.79 Å². The fourth-order valence-electron chi connectivity index (χ4n) is 2.22. The van der Waals surface area contributed by atoms with Gasteiger partial charge < -0.3 is 10.1 Å². The van der Waals surface area contributed by atoms with E-state index >= 15 is 0 Å². The molecule has 0 aliphatic rings. The third-order valence-electron chi connectivity index (χ3n) is 3.58. The van der Waals surface area contributed by atoms with Gasteiger partial charge in [0.05, 0.1) is 5.02 Å². The van der Waals surface area contributed by atoms with E-state index in [1.807, 2.05) is 38.1 Å². The Hall–Kier alpha value is -3.21. The number of nitriles is 1. The average Bonchev–Trinajstić information content (AvgIpc) is 2.62. The lowest BCUT2D eigenvalue weighted by Crippen LogP contribution is -2.14. The van der Waals surface area contributed by atoms with Crippen molar-refractivity contribution in [1.82, 2.24) is 0 Å². The van der Waals surface area contributed by atoms with Gasteiger partial charge in [0.2, 0.25) is 0 Å². The molecule has 0 atom stereocenters. The molecule has 26 heavy (non-hydrogen) atoms. The molecule has 2 rings (SSSR count). The van der Waals surface area contributed by atoms with Gasteiger partial charge in [-0.2, -0.15) is 5.26 Å². The number of rotatable bonds is 5. The van der Waals surface area contributed by atoms with Gasteiger partial charge in [-0.05, 0) is 54.8 Å². The van der Waals surface area contributed by atoms with Crippen molar-refractivity contribution in [2.45, 2.75) is 13.8 Å². The van der Waals surface area contributed by atoms with Crippen molar-refractivity contribution in [2.24, 2.45) is 0 Å². The summed E-state index contributed by atoms with van der Waals surface area (Å²) in [6, 6.07) is 12.6. The lowest BCUT2D eigenvalue weighted by Gasteiger charge is -2.09. The summed E-state index contributed by atoms with van der Waals surface area (Å²) < 4.78 is 5.29. The van der Waals surface area contributed by atoms with Crippen LogP contribution in [0.25, 0.3) is 6.08 Å². The molecule has 0 aromatic heterocycles. The van der Waals surface area contributed by atoms with Gasteiger partial charge in [0.15, 0.2) is 0 Å². The molecule has 1 amide bonds. The monoisotopic (exact) mass is 364 g/mol. The smallest absolute Gasteiger partial charge is 0.266 e. The van der Waals surface area contributed by atoms with Gasteiger partial charge in [-0.15, -0.1) is 6.42 Å². The molecular formula is C21H17ClN2O2. The minimum atomic E-state index is -0.481. The van der Waals surface area contributed by atoms with Crippen LogP contribution in [0.1, 0.15) is 16.7 Å². The maximum Gasteiger partial charge on any atom is 0.266 e. The van der Waals surface area contributed by atoms with Crippen molar-refractivity contribution >= 4 is 29.3 Å². The zero-order valence-corrected chi connectivity index (χ0v) is 15.2. The zero-order chi connectivity index (χ0) is 19.1. The highest BCUT2D eigenvalue weighted by atomic mass is 35.5. The lowest BCUT2D eigenvalue weighted by molar-refractivity contribution is -0.112. The number of hydrogen-bond acceptors (Lipinski definition) is 3. The standard InChI is InChI=1S/C21H17ClN2O2/c1-4-9-26-20-8-7-16(12-18(20)22)11-17(13-23)21(25)24-19-10-14(2)5-6-15(19)3/h1,5-8,10-12H,9H2,2-3H3,(H,24,25)/b17-11+. The molecule has 2 aromatic carbocycles. The number of terminal acetylenes is 1. The average molecular weight is 365 g/mol. The van der Waals surface area contributed by atoms with Crippen molar-refractivity contribution < 1.29 is 9.53 Å². The number of nitrogens with zero attached hydrogens (tertiary/aromatic N) is 1. The third-order valence-corrected chi connectivity index (χ3v) is 3.88. The predicted molar refractivity (Wildman–Crippen MR) is 104 cm³/mol. The topological polar surface area (TPSA) is 62.1 Å². The van der Waals surface area contributed by atoms with E-state index in [0.29, 0.717) is 22.0 Å². The molecule has 1 N–H and O–H groups in total. The fourth-order valence-corrected chi connectivity index (χ4v) is 2.46. The first-order valence-corrected chi connectivity index (χ1v) is 8.18. The Balaban J connectivity index is 2.23. The van der Waals surface area contributed by atoms with Crippen LogP contribution in [0.15, 0.2) is 42.0 Å². The molecule has 0 fully saturated rings. The van der Waals surface area contributed by atoms with Crippen LogP contribution in [0, 0.1) is 37.5 Å². The molecular weight excluding hydrogens is 348 g/mol. The van der Waals surface area contributed by atoms with Crippen molar-refractivity contribution in [3.63, 3.8) is 0 Å². The minimum absolute atomic E-state index is 0.0285. The van der Waals surface area contributed by atoms with Crippen molar-refractivity contribution in [1.29, 1.82) is 5.26 Å². The second-order valence-corrected chi connectivity index (χ2v) is 6.03. The molecule has 0 unspecified atom stereocenters. The Kier molecular flexibility index (Phi) is 6.44. The number of halogens is 1. The summed E-state index contributed by atoms with van der Waals surface area (Å²) in [4.78, 5) is 12.4. The third kappa shape index (κ3) is 4.89. The first-order valence-electron chi connectivity index (χ1n) is 7.81. The van der Waals surface area contributed by atoms with Crippen LogP contribution in [0.5, 0.6) is 5.75 Å². The number of hydrogen-bond donors (Lipinski definition) is 1. The summed E-state index contributed by atoms with van der Waals surface area (Å²) in [6.07, 6.45) is 6.62. The highest BCUT2D eigenvalue weighted by Gasteiger charge is 2.12. The summed E-state index contributed by atoms with van der Waals surface area (Å²) >= 11 is 6.13. The first-order chi connectivity index (χ1) is 12.4. The molecule has 0 saturated carbocycles. The van der Waals surface area contributed by atoms with Crippen molar-refractivity contribution in [3.05, 3.63) is 63.7 Å². The molecule has 0 aliphatic carbocycles. The quantitative estimate of drug-likeness (QED) is 0.482. The molecule has 0 saturated heterocycles. The molecule has 0 heterocycles. The van der Waals surface area contributed by atoms with E-state index in [1.165, 1.54) is 6.08 Å². The minimum Gasteiger partial charge on any atom is -0.479 e. The van der Waals surface area contributed by atoms with E-state index in [9.17, 15) is 10.1 Å². The van der Waals surface area contributed by atoms with Gasteiger partial charge >= 0.3 is 0 Å². The van der Waals surface area contributed by atoms with Crippen LogP contribution in [-0.4, -0.2) is 12.5 Å². The Morgan fingerprint density at radius 1 is 1.31 bits per heavy atom. The molecule has 5 heteroatoms. The van der Waals surface area contributed by atoms with E-state index < -0.39 is 5.91 Å². The molecule has 0 radical (unpaired) electrons. The van der Waals surface area contributed by atoms with Crippen LogP contribution in [0.2, 0.25) is 5.02 Å². The second-order valence-electron chi connectivity index (χ2n) is 5.62. The predicted octanol–water partition coefficient (Wildman–Crippen LogP) is 4.51. The normalized spacial score (nSPS) is 10.6. The van der Waals surface area contributed by atoms with Gasteiger partial charge in [0.1, 0.15) is 24.0 Å². The molecule has 2 aromatic rings. The molecule has 130 valence electrons. The highest BCUT2D eigenvalue weighted by molar-refractivity contribution is 6.32. The number of ether oxygens (including phenoxy) is 1. The number of aryl methyl sites for hydroxylation is 2. The zero-order valence-electron chi connectivity index (χ0n) is 14.5. The van der Waals surface area contributed by atoms with Crippen LogP contribution in [0.3, 0.4) is 0 Å². The summed E-state index contributed by atoms with van der Waals surface area (Å²) in [5.74, 6) is 2.32. The Morgan fingerprint density at radius 2 is 2.08 bits per heavy atom. The Labute approximate surface area is 158 Å². The number of amides is 1. The van der Waals surface area contributed by atoms with Crippen LogP contribution in [-0.2, 0) is 4.79 Å². The van der Waals surface area contributed by atoms with Gasteiger partial charge in [0, 0.05) is 5.69 Å². The first kappa shape index (κ1) is 19.1. The van der Waals surface area contributed by atoms with E-state index in [2.05, 4.69) is 11.2 Å².